The Labute approximate surface area is 208 Å². The fourth-order valence-corrected chi connectivity index (χ4v) is 8.82. The first-order chi connectivity index (χ1) is 15.0. The molecule has 0 saturated heterocycles. The van der Waals surface area contributed by atoms with Gasteiger partial charge in [-0.15, -0.1) is 0 Å². The molecule has 0 radical (unpaired) electrons. The zero-order valence-corrected chi connectivity index (χ0v) is 20.9. The Bertz CT molecular complexity index is 813. The molecule has 0 heterocycles. The second-order valence-corrected chi connectivity index (χ2v) is 11.8. The Kier molecular flexibility index (Phi) is 7.40. The van der Waals surface area contributed by atoms with Gasteiger partial charge in [0.25, 0.3) is 0 Å². The molecule has 1 aromatic carbocycles. The maximum atomic E-state index is 9.09. The van der Waals surface area contributed by atoms with E-state index in [1.54, 1.807) is 0 Å². The van der Waals surface area contributed by atoms with Gasteiger partial charge in [0.1, 0.15) is 0 Å². The predicted molar refractivity (Wildman–Crippen MR) is 128 cm³/mol. The summed E-state index contributed by atoms with van der Waals surface area (Å²) < 4.78 is 0. The summed E-state index contributed by atoms with van der Waals surface area (Å²) in [7, 11) is 0. The Hall–Kier alpha value is -0.893. The molecule has 4 aliphatic carbocycles. The molecule has 1 aromatic rings. The topological polar surface area (TPSA) is 35.8 Å². The minimum atomic E-state index is 0. The van der Waals surface area contributed by atoms with Gasteiger partial charge in [0, 0.05) is 11.7 Å². The quantitative estimate of drug-likeness (QED) is 0.568. The molecule has 2 nitrogen and oxygen atoms in total. The second-order valence-electron chi connectivity index (χ2n) is 11.8. The van der Waals surface area contributed by atoms with Crippen LogP contribution in [0.3, 0.4) is 0 Å². The van der Waals surface area contributed by atoms with Gasteiger partial charge in [0.2, 0.25) is 0 Å². The van der Waals surface area contributed by atoms with Gasteiger partial charge in [-0.25, -0.2) is 0 Å². The summed E-state index contributed by atoms with van der Waals surface area (Å²) in [4.78, 5) is 0. The average Bonchev–Trinajstić information content (AvgIpc) is 2.78. The van der Waals surface area contributed by atoms with Crippen molar-refractivity contribution in [3.05, 3.63) is 35.7 Å². The summed E-state index contributed by atoms with van der Waals surface area (Å²) in [5.41, 5.74) is 2.39. The summed E-state index contributed by atoms with van der Waals surface area (Å²) in [5.74, 6) is 7.52. The van der Waals surface area contributed by atoms with Crippen LogP contribution in [0.2, 0.25) is 0 Å². The van der Waals surface area contributed by atoms with Gasteiger partial charge in [-0.2, -0.15) is 24.0 Å². The number of anilines is 1. The first-order valence-electron chi connectivity index (χ1n) is 13.1. The van der Waals surface area contributed by atoms with Crippen molar-refractivity contribution >= 4 is 5.69 Å². The van der Waals surface area contributed by atoms with E-state index in [-0.39, 0.29) is 18.9 Å². The van der Waals surface area contributed by atoms with Gasteiger partial charge in [-0.05, 0) is 73.6 Å². The molecular weight excluding hydrogens is 383 g/mol. The number of hydrogen-bond acceptors (Lipinski definition) is 2. The van der Waals surface area contributed by atoms with E-state index < -0.39 is 0 Å². The predicted octanol–water partition coefficient (Wildman–Crippen LogP) is 4.62. The first-order valence-corrected chi connectivity index (χ1v) is 13.1. The van der Waals surface area contributed by atoms with Crippen LogP contribution in [0.4, 0.5) is 5.69 Å². The van der Waals surface area contributed by atoms with Crippen LogP contribution in [0.1, 0.15) is 90.5 Å². The van der Waals surface area contributed by atoms with Gasteiger partial charge in [0.15, 0.2) is 0 Å². The number of nitriles is 1. The Morgan fingerprint density at radius 2 is 1.84 bits per heavy atom. The Morgan fingerprint density at radius 3 is 2.59 bits per heavy atom. The standard InChI is InChI=1S/C29H41N2.Li/c1-19-7-13-24-22(17-19)10-14-26-25(24)15-16-29(3)27(5-4-6-28(26)29)20(2)31-23-11-8-21(18-30)9-12-23;/h8-9,11-12,19-20,24-28,31H,4-7,10,13-17H2,1-3H3;/q-1;+1/t19-,20-,24-,25?,26+,27+,28?,29+;/m0./s1. The van der Waals surface area contributed by atoms with Crippen molar-refractivity contribution in [3.8, 4) is 6.07 Å². The van der Waals surface area contributed by atoms with Crippen molar-refractivity contribution in [1.82, 2.24) is 0 Å². The Morgan fingerprint density at radius 1 is 1.06 bits per heavy atom. The molecule has 2 unspecified atom stereocenters. The molecule has 0 spiro atoms. The number of hydrogen-bond donors (Lipinski definition) is 1. The third-order valence-electron chi connectivity index (χ3n) is 10.2. The molecule has 3 heteroatoms. The number of fused-ring (bicyclic) bond motifs is 5. The summed E-state index contributed by atoms with van der Waals surface area (Å²) >= 11 is 0. The molecule has 1 N–H and O–H groups in total. The van der Waals surface area contributed by atoms with Gasteiger partial charge in [0.05, 0.1) is 11.6 Å². The van der Waals surface area contributed by atoms with Gasteiger partial charge >= 0.3 is 18.9 Å². The first kappa shape index (κ1) is 24.2. The maximum absolute atomic E-state index is 9.09. The van der Waals surface area contributed by atoms with Crippen LogP contribution in [0.25, 0.3) is 0 Å². The van der Waals surface area contributed by atoms with E-state index >= 15 is 0 Å². The summed E-state index contributed by atoms with van der Waals surface area (Å²) in [6.45, 7) is 7.55. The van der Waals surface area contributed by atoms with Crippen LogP contribution in [0.15, 0.2) is 24.3 Å². The SMILES string of the molecule is C[C@H]1CC[C@H]2[C-](CC[C@@H]3C2CC[C@@]2(C)C3CCC[C@@H]2[C@H](C)Nc2ccc(C#N)cc2)C1.[Li+]. The molecule has 168 valence electrons. The molecule has 4 saturated carbocycles. The van der Waals surface area contributed by atoms with E-state index in [0.717, 1.165) is 41.1 Å². The molecule has 0 amide bonds. The molecule has 4 fully saturated rings. The zero-order chi connectivity index (χ0) is 21.6. The van der Waals surface area contributed by atoms with E-state index in [1.807, 2.05) is 18.1 Å². The van der Waals surface area contributed by atoms with Crippen LogP contribution in [-0.4, -0.2) is 6.04 Å². The van der Waals surface area contributed by atoms with E-state index in [0.29, 0.717) is 11.5 Å². The van der Waals surface area contributed by atoms with Gasteiger partial charge < -0.3 is 11.2 Å². The number of nitrogens with one attached hydrogen (secondary N) is 1. The van der Waals surface area contributed by atoms with E-state index in [9.17, 15) is 0 Å². The number of rotatable bonds is 3. The van der Waals surface area contributed by atoms with E-state index in [1.165, 1.54) is 69.9 Å². The van der Waals surface area contributed by atoms with Gasteiger partial charge in [-0.3, -0.25) is 0 Å². The van der Waals surface area contributed by atoms with E-state index in [2.05, 4.69) is 44.3 Å². The second kappa shape index (κ2) is 9.77. The molecule has 0 aromatic heterocycles. The minimum Gasteiger partial charge on any atom is -0.382 e. The number of benzene rings is 1. The average molecular weight is 425 g/mol. The van der Waals surface area contributed by atoms with Crippen molar-refractivity contribution < 1.29 is 18.9 Å². The van der Waals surface area contributed by atoms with E-state index in [4.69, 9.17) is 5.26 Å². The van der Waals surface area contributed by atoms with Crippen molar-refractivity contribution in [3.63, 3.8) is 0 Å². The molecular formula is C29H41LiN2. The summed E-state index contributed by atoms with van der Waals surface area (Å²) in [6.07, 6.45) is 14.5. The van der Waals surface area contributed by atoms with Gasteiger partial charge in [-0.1, -0.05) is 57.8 Å². The Balaban J connectivity index is 0.00000245. The maximum Gasteiger partial charge on any atom is 1.00 e. The fraction of sp³-hybridized carbons (Fsp3) is 0.724. The smallest absolute Gasteiger partial charge is 0.382 e. The third-order valence-corrected chi connectivity index (χ3v) is 10.2. The minimum absolute atomic E-state index is 0. The third kappa shape index (κ3) is 4.30. The molecule has 32 heavy (non-hydrogen) atoms. The number of nitrogens with zero attached hydrogens (tertiary/aromatic N) is 1. The molecule has 4 aliphatic rings. The normalized spacial score (nSPS) is 39.9. The van der Waals surface area contributed by atoms with Crippen LogP contribution in [0, 0.1) is 58.2 Å². The van der Waals surface area contributed by atoms with Crippen molar-refractivity contribution in [2.75, 3.05) is 5.32 Å². The van der Waals surface area contributed by atoms with Crippen molar-refractivity contribution in [2.24, 2.45) is 40.9 Å². The summed E-state index contributed by atoms with van der Waals surface area (Å²) in [6, 6.07) is 10.8. The summed E-state index contributed by atoms with van der Waals surface area (Å²) in [5, 5.41) is 12.9. The molecule has 5 rings (SSSR count). The molecule has 8 atom stereocenters. The largest absolute Gasteiger partial charge is 1.00 e. The van der Waals surface area contributed by atoms with Crippen LogP contribution in [-0.2, 0) is 0 Å². The van der Waals surface area contributed by atoms with Crippen LogP contribution < -0.4 is 24.2 Å². The molecule has 0 bridgehead atoms. The van der Waals surface area contributed by atoms with Crippen LogP contribution in [0.5, 0.6) is 0 Å². The fourth-order valence-electron chi connectivity index (χ4n) is 8.82. The van der Waals surface area contributed by atoms with Crippen molar-refractivity contribution in [1.29, 1.82) is 5.26 Å². The monoisotopic (exact) mass is 424 g/mol. The molecule has 0 aliphatic heterocycles. The van der Waals surface area contributed by atoms with Crippen molar-refractivity contribution in [2.45, 2.75) is 91.0 Å². The zero-order valence-electron chi connectivity index (χ0n) is 20.9. The van der Waals surface area contributed by atoms with Crippen LogP contribution >= 0.6 is 0 Å².